The van der Waals surface area contributed by atoms with Crippen LogP contribution in [0.1, 0.15) is 56.2 Å². The van der Waals surface area contributed by atoms with E-state index in [-0.39, 0.29) is 5.54 Å². The average molecular weight is 261 g/mol. The fourth-order valence-electron chi connectivity index (χ4n) is 3.23. The van der Waals surface area contributed by atoms with E-state index in [0.717, 1.165) is 31.6 Å². The van der Waals surface area contributed by atoms with Crippen molar-refractivity contribution in [2.45, 2.75) is 63.3 Å². The number of nitrogens with zero attached hydrogens (tertiary/aromatic N) is 2. The predicted octanol–water partition coefficient (Wildman–Crippen LogP) is 2.40. The minimum absolute atomic E-state index is 0.148. The minimum atomic E-state index is -0.148. The van der Waals surface area contributed by atoms with Crippen molar-refractivity contribution in [3.05, 3.63) is 17.6 Å². The Morgan fingerprint density at radius 1 is 1.05 bits per heavy atom. The fraction of sp³-hybridized carbons (Fsp3) is 0.733. The first kappa shape index (κ1) is 12.9. The van der Waals surface area contributed by atoms with Gasteiger partial charge in [-0.2, -0.15) is 0 Å². The van der Waals surface area contributed by atoms with Crippen molar-refractivity contribution < 1.29 is 4.74 Å². The zero-order valence-corrected chi connectivity index (χ0v) is 11.5. The van der Waals surface area contributed by atoms with Gasteiger partial charge in [0.2, 0.25) is 5.88 Å². The van der Waals surface area contributed by atoms with Crippen molar-refractivity contribution in [1.82, 2.24) is 9.97 Å². The molecule has 1 saturated carbocycles. The summed E-state index contributed by atoms with van der Waals surface area (Å²) in [4.78, 5) is 8.69. The summed E-state index contributed by atoms with van der Waals surface area (Å²) in [5.74, 6) is 0.778. The van der Waals surface area contributed by atoms with Crippen LogP contribution in [0.4, 0.5) is 0 Å². The molecule has 104 valence electrons. The van der Waals surface area contributed by atoms with Crippen LogP contribution in [0, 0.1) is 0 Å². The van der Waals surface area contributed by atoms with Crippen molar-refractivity contribution in [3.63, 3.8) is 0 Å². The van der Waals surface area contributed by atoms with Crippen LogP contribution < -0.4 is 10.5 Å². The molecular weight excluding hydrogens is 238 g/mol. The van der Waals surface area contributed by atoms with Gasteiger partial charge in [0.1, 0.15) is 12.9 Å². The van der Waals surface area contributed by atoms with Crippen LogP contribution in [-0.2, 0) is 12.8 Å². The van der Waals surface area contributed by atoms with Crippen molar-refractivity contribution in [2.75, 3.05) is 6.61 Å². The van der Waals surface area contributed by atoms with E-state index in [0.29, 0.717) is 6.61 Å². The number of hydrogen-bond donors (Lipinski definition) is 1. The summed E-state index contributed by atoms with van der Waals surface area (Å²) in [6, 6.07) is 0. The summed E-state index contributed by atoms with van der Waals surface area (Å²) in [5.41, 5.74) is 8.65. The van der Waals surface area contributed by atoms with Gasteiger partial charge in [-0.15, -0.1) is 0 Å². The molecule has 2 aliphatic carbocycles. The van der Waals surface area contributed by atoms with Gasteiger partial charge < -0.3 is 10.5 Å². The highest BCUT2D eigenvalue weighted by Crippen LogP contribution is 2.29. The molecule has 1 aromatic heterocycles. The average Bonchev–Trinajstić information content (AvgIpc) is 2.46. The van der Waals surface area contributed by atoms with Gasteiger partial charge in [0, 0.05) is 5.56 Å². The molecule has 1 fully saturated rings. The first-order valence-corrected chi connectivity index (χ1v) is 7.51. The summed E-state index contributed by atoms with van der Waals surface area (Å²) in [7, 11) is 0. The summed E-state index contributed by atoms with van der Waals surface area (Å²) < 4.78 is 5.97. The quantitative estimate of drug-likeness (QED) is 0.907. The van der Waals surface area contributed by atoms with Gasteiger partial charge in [0.15, 0.2) is 0 Å². The number of rotatable bonds is 3. The lowest BCUT2D eigenvalue weighted by Gasteiger charge is -2.33. The highest BCUT2D eigenvalue weighted by molar-refractivity contribution is 5.31. The number of aromatic nitrogens is 2. The smallest absolute Gasteiger partial charge is 0.219 e. The number of hydrogen-bond acceptors (Lipinski definition) is 4. The minimum Gasteiger partial charge on any atom is -0.475 e. The number of aryl methyl sites for hydroxylation is 1. The number of nitrogens with two attached hydrogens (primary N) is 1. The third kappa shape index (κ3) is 2.89. The Morgan fingerprint density at radius 2 is 1.84 bits per heavy atom. The van der Waals surface area contributed by atoms with E-state index in [1.165, 1.54) is 43.4 Å². The van der Waals surface area contributed by atoms with Gasteiger partial charge in [-0.3, -0.25) is 0 Å². The Kier molecular flexibility index (Phi) is 3.69. The van der Waals surface area contributed by atoms with Crippen molar-refractivity contribution in [1.29, 1.82) is 0 Å². The normalized spacial score (nSPS) is 21.7. The third-order valence-electron chi connectivity index (χ3n) is 4.43. The van der Waals surface area contributed by atoms with E-state index in [1.54, 1.807) is 6.33 Å². The van der Waals surface area contributed by atoms with Crippen LogP contribution in [0.15, 0.2) is 6.33 Å². The Labute approximate surface area is 114 Å². The molecule has 4 nitrogen and oxygen atoms in total. The Bertz CT molecular complexity index is 441. The van der Waals surface area contributed by atoms with Crippen molar-refractivity contribution >= 4 is 0 Å². The molecular formula is C15H23N3O. The molecule has 4 heteroatoms. The van der Waals surface area contributed by atoms with Crippen LogP contribution in [0.2, 0.25) is 0 Å². The molecule has 19 heavy (non-hydrogen) atoms. The fourth-order valence-corrected chi connectivity index (χ4v) is 3.23. The monoisotopic (exact) mass is 261 g/mol. The number of ether oxygens (including phenoxy) is 1. The lowest BCUT2D eigenvalue weighted by molar-refractivity contribution is 0.167. The zero-order chi connectivity index (χ0) is 13.1. The molecule has 3 rings (SSSR count). The highest BCUT2D eigenvalue weighted by atomic mass is 16.5. The summed E-state index contributed by atoms with van der Waals surface area (Å²) >= 11 is 0. The lowest BCUT2D eigenvalue weighted by Crippen LogP contribution is -2.47. The summed E-state index contributed by atoms with van der Waals surface area (Å²) in [5, 5.41) is 0. The van der Waals surface area contributed by atoms with Crippen molar-refractivity contribution in [2.24, 2.45) is 5.73 Å². The van der Waals surface area contributed by atoms with Crippen LogP contribution in [0.5, 0.6) is 5.88 Å². The Hall–Kier alpha value is -1.16. The molecule has 0 unspecified atom stereocenters. The van der Waals surface area contributed by atoms with E-state index in [2.05, 4.69) is 9.97 Å². The SMILES string of the molecule is NC1(COc2ncnc3c2CCCC3)CCCCC1. The topological polar surface area (TPSA) is 61.0 Å². The largest absolute Gasteiger partial charge is 0.475 e. The first-order valence-electron chi connectivity index (χ1n) is 7.51. The molecule has 0 bridgehead atoms. The molecule has 0 aromatic carbocycles. The second-order valence-corrected chi connectivity index (χ2v) is 6.02. The van der Waals surface area contributed by atoms with Gasteiger partial charge in [-0.25, -0.2) is 9.97 Å². The second-order valence-electron chi connectivity index (χ2n) is 6.02. The summed E-state index contributed by atoms with van der Waals surface area (Å²) in [6.07, 6.45) is 12.1. The molecule has 0 radical (unpaired) electrons. The van der Waals surface area contributed by atoms with Crippen LogP contribution in [-0.4, -0.2) is 22.1 Å². The standard InChI is InChI=1S/C15H23N3O/c16-15(8-4-1-5-9-15)10-19-14-12-6-2-3-7-13(12)17-11-18-14/h11H,1-10,16H2. The summed E-state index contributed by atoms with van der Waals surface area (Å²) in [6.45, 7) is 0.594. The molecule has 1 heterocycles. The van der Waals surface area contributed by atoms with Gasteiger partial charge in [0.05, 0.1) is 11.2 Å². The van der Waals surface area contributed by atoms with E-state index in [1.807, 2.05) is 0 Å². The first-order chi connectivity index (χ1) is 9.27. The molecule has 0 spiro atoms. The highest BCUT2D eigenvalue weighted by Gasteiger charge is 2.29. The molecule has 2 N–H and O–H groups in total. The third-order valence-corrected chi connectivity index (χ3v) is 4.43. The van der Waals surface area contributed by atoms with E-state index >= 15 is 0 Å². The Balaban J connectivity index is 1.69. The molecule has 2 aliphatic rings. The molecule has 0 amide bonds. The maximum atomic E-state index is 6.41. The van der Waals surface area contributed by atoms with Gasteiger partial charge >= 0.3 is 0 Å². The number of fused-ring (bicyclic) bond motifs is 1. The van der Waals surface area contributed by atoms with E-state index in [9.17, 15) is 0 Å². The maximum Gasteiger partial charge on any atom is 0.219 e. The lowest BCUT2D eigenvalue weighted by atomic mass is 9.83. The molecule has 0 atom stereocenters. The van der Waals surface area contributed by atoms with Crippen LogP contribution in [0.3, 0.4) is 0 Å². The maximum absolute atomic E-state index is 6.41. The van der Waals surface area contributed by atoms with Crippen molar-refractivity contribution in [3.8, 4) is 5.88 Å². The molecule has 0 aliphatic heterocycles. The van der Waals surface area contributed by atoms with Gasteiger partial charge in [-0.1, -0.05) is 19.3 Å². The predicted molar refractivity (Wildman–Crippen MR) is 74.2 cm³/mol. The van der Waals surface area contributed by atoms with Crippen LogP contribution >= 0.6 is 0 Å². The Morgan fingerprint density at radius 3 is 2.68 bits per heavy atom. The molecule has 0 saturated heterocycles. The van der Waals surface area contributed by atoms with E-state index < -0.39 is 0 Å². The van der Waals surface area contributed by atoms with Crippen LogP contribution in [0.25, 0.3) is 0 Å². The molecule has 1 aromatic rings. The van der Waals surface area contributed by atoms with Gasteiger partial charge in [-0.05, 0) is 38.5 Å². The van der Waals surface area contributed by atoms with E-state index in [4.69, 9.17) is 10.5 Å². The zero-order valence-electron chi connectivity index (χ0n) is 11.5. The van der Waals surface area contributed by atoms with Gasteiger partial charge in [0.25, 0.3) is 0 Å². The second kappa shape index (κ2) is 5.45.